The molecule has 2 aliphatic rings. The van der Waals surface area contributed by atoms with E-state index in [0.717, 1.165) is 38.9 Å². The van der Waals surface area contributed by atoms with Gasteiger partial charge in [0.2, 0.25) is 11.8 Å². The molecule has 0 aliphatic carbocycles. The number of likely N-dealkylation sites (tertiary alicyclic amines) is 1. The van der Waals surface area contributed by atoms with Gasteiger partial charge in [0.15, 0.2) is 0 Å². The minimum atomic E-state index is -0.0108. The van der Waals surface area contributed by atoms with Crippen LogP contribution in [0.25, 0.3) is 0 Å². The maximum absolute atomic E-state index is 12.1. The second-order valence-corrected chi connectivity index (χ2v) is 6.57. The lowest BCUT2D eigenvalue weighted by molar-refractivity contribution is -0.127. The summed E-state index contributed by atoms with van der Waals surface area (Å²) in [6.45, 7) is 5.11. The lowest BCUT2D eigenvalue weighted by atomic mass is 10.2. The van der Waals surface area contributed by atoms with E-state index >= 15 is 0 Å². The van der Waals surface area contributed by atoms with Crippen LogP contribution in [0.5, 0.6) is 0 Å². The summed E-state index contributed by atoms with van der Waals surface area (Å²) in [5.74, 6) is 0.789. The van der Waals surface area contributed by atoms with Gasteiger partial charge in [-0.25, -0.2) is 0 Å². The first kappa shape index (κ1) is 14.7. The van der Waals surface area contributed by atoms with Crippen molar-refractivity contribution in [1.29, 1.82) is 0 Å². The summed E-state index contributed by atoms with van der Waals surface area (Å²) in [5, 5.41) is 6.84. The van der Waals surface area contributed by atoms with Gasteiger partial charge in [-0.15, -0.1) is 11.8 Å². The smallest absolute Gasteiger partial charge is 0.232 e. The number of rotatable bonds is 4. The third kappa shape index (κ3) is 4.69. The first-order chi connectivity index (χ1) is 9.15. The van der Waals surface area contributed by atoms with Crippen LogP contribution < -0.4 is 10.6 Å². The minimum absolute atomic E-state index is 0.0108. The molecular formula is C13H23N3O2S. The van der Waals surface area contributed by atoms with Crippen LogP contribution in [0.2, 0.25) is 0 Å². The van der Waals surface area contributed by atoms with Crippen molar-refractivity contribution in [2.24, 2.45) is 0 Å². The van der Waals surface area contributed by atoms with Crippen LogP contribution >= 0.6 is 11.8 Å². The van der Waals surface area contributed by atoms with Crippen molar-refractivity contribution in [1.82, 2.24) is 15.5 Å². The Labute approximate surface area is 118 Å². The van der Waals surface area contributed by atoms with Crippen molar-refractivity contribution in [2.75, 3.05) is 31.9 Å². The number of amides is 2. The van der Waals surface area contributed by atoms with Crippen LogP contribution in [0.15, 0.2) is 0 Å². The molecule has 1 atom stereocenters. The topological polar surface area (TPSA) is 61.4 Å². The highest BCUT2D eigenvalue weighted by molar-refractivity contribution is 8.00. The molecule has 0 radical (unpaired) electrons. The van der Waals surface area contributed by atoms with Gasteiger partial charge in [-0.2, -0.15) is 0 Å². The molecule has 0 aromatic heterocycles. The summed E-state index contributed by atoms with van der Waals surface area (Å²) in [4.78, 5) is 25.0. The van der Waals surface area contributed by atoms with Crippen molar-refractivity contribution in [3.8, 4) is 0 Å². The molecule has 2 fully saturated rings. The van der Waals surface area contributed by atoms with E-state index in [1.807, 2.05) is 4.90 Å². The molecule has 2 aliphatic heterocycles. The quantitative estimate of drug-likeness (QED) is 0.775. The van der Waals surface area contributed by atoms with E-state index in [1.54, 1.807) is 11.8 Å². The second-order valence-electron chi connectivity index (χ2n) is 5.29. The first-order valence-electron chi connectivity index (χ1n) is 7.02. The number of carbonyl (C=O) groups excluding carboxylic acids is 2. The van der Waals surface area contributed by atoms with Gasteiger partial charge < -0.3 is 15.5 Å². The largest absolute Gasteiger partial charge is 0.352 e. The summed E-state index contributed by atoms with van der Waals surface area (Å²) in [5.41, 5.74) is 0. The van der Waals surface area contributed by atoms with E-state index in [2.05, 4.69) is 10.6 Å². The second kappa shape index (κ2) is 7.14. The molecule has 108 valence electrons. The van der Waals surface area contributed by atoms with Gasteiger partial charge in [-0.1, -0.05) is 0 Å². The zero-order valence-corrected chi connectivity index (χ0v) is 12.3. The molecule has 0 saturated carbocycles. The maximum Gasteiger partial charge on any atom is 0.232 e. The summed E-state index contributed by atoms with van der Waals surface area (Å²) in [7, 11) is 0. The van der Waals surface area contributed by atoms with Crippen LogP contribution in [-0.4, -0.2) is 59.9 Å². The summed E-state index contributed by atoms with van der Waals surface area (Å²) >= 11 is 1.79. The molecule has 6 heteroatoms. The zero-order valence-electron chi connectivity index (χ0n) is 11.5. The molecule has 5 nitrogen and oxygen atoms in total. The number of hydrogen-bond acceptors (Lipinski definition) is 4. The molecule has 0 bridgehead atoms. The van der Waals surface area contributed by atoms with Crippen LogP contribution in [-0.2, 0) is 9.59 Å². The van der Waals surface area contributed by atoms with Crippen molar-refractivity contribution in [3.05, 3.63) is 0 Å². The molecule has 2 amide bonds. The predicted molar refractivity (Wildman–Crippen MR) is 77.2 cm³/mol. The number of piperidine rings is 1. The first-order valence-corrected chi connectivity index (χ1v) is 8.07. The normalized spacial score (nSPS) is 24.5. The highest BCUT2D eigenvalue weighted by Crippen LogP contribution is 2.21. The van der Waals surface area contributed by atoms with Gasteiger partial charge in [-0.3, -0.25) is 9.59 Å². The summed E-state index contributed by atoms with van der Waals surface area (Å²) in [6, 6.07) is 0.144. The number of carbonyl (C=O) groups is 2. The van der Waals surface area contributed by atoms with Crippen LogP contribution in [0.4, 0.5) is 0 Å². The maximum atomic E-state index is 12.1. The van der Waals surface area contributed by atoms with Crippen molar-refractivity contribution < 1.29 is 9.59 Å². The molecule has 2 saturated heterocycles. The average Bonchev–Trinajstić information content (AvgIpc) is 2.85. The lowest BCUT2D eigenvalue weighted by Gasteiger charge is -2.23. The Hall–Kier alpha value is -0.750. The molecule has 2 N–H and O–H groups in total. The van der Waals surface area contributed by atoms with E-state index in [9.17, 15) is 9.59 Å². The van der Waals surface area contributed by atoms with Crippen LogP contribution in [0, 0.1) is 0 Å². The van der Waals surface area contributed by atoms with E-state index in [0.29, 0.717) is 17.5 Å². The van der Waals surface area contributed by atoms with E-state index < -0.39 is 0 Å². The van der Waals surface area contributed by atoms with Crippen LogP contribution in [0.1, 0.15) is 26.2 Å². The summed E-state index contributed by atoms with van der Waals surface area (Å²) in [6.07, 6.45) is 3.20. The third-order valence-electron chi connectivity index (χ3n) is 3.68. The van der Waals surface area contributed by atoms with Gasteiger partial charge >= 0.3 is 0 Å². The van der Waals surface area contributed by atoms with Crippen molar-refractivity contribution >= 4 is 23.6 Å². The predicted octanol–water partition coefficient (Wildman–Crippen LogP) is 0.209. The Bertz CT molecular complexity index is 332. The SMILES string of the molecule is CC(=O)NC1CCN(C(=O)CSC2CCNCC2)C1. The number of thioether (sulfide) groups is 1. The fraction of sp³-hybridized carbons (Fsp3) is 0.846. The van der Waals surface area contributed by atoms with Gasteiger partial charge in [0.1, 0.15) is 0 Å². The van der Waals surface area contributed by atoms with Gasteiger partial charge in [0, 0.05) is 31.3 Å². The molecule has 2 rings (SSSR count). The molecule has 19 heavy (non-hydrogen) atoms. The van der Waals surface area contributed by atoms with E-state index in [-0.39, 0.29) is 17.9 Å². The fourth-order valence-corrected chi connectivity index (χ4v) is 3.76. The number of nitrogens with one attached hydrogen (secondary N) is 2. The third-order valence-corrected chi connectivity index (χ3v) is 5.03. The molecular weight excluding hydrogens is 262 g/mol. The molecule has 0 spiro atoms. The Morgan fingerprint density at radius 2 is 2.05 bits per heavy atom. The fourth-order valence-electron chi connectivity index (χ4n) is 2.63. The van der Waals surface area contributed by atoms with Crippen molar-refractivity contribution in [3.63, 3.8) is 0 Å². The minimum Gasteiger partial charge on any atom is -0.352 e. The molecule has 1 unspecified atom stereocenters. The van der Waals surface area contributed by atoms with Gasteiger partial charge in [0.05, 0.1) is 5.75 Å². The standard InChI is InChI=1S/C13H23N3O2S/c1-10(17)15-11-4-7-16(8-11)13(18)9-19-12-2-5-14-6-3-12/h11-12,14H,2-9H2,1H3,(H,15,17). The Balaban J connectivity index is 1.67. The number of hydrogen-bond donors (Lipinski definition) is 2. The molecule has 0 aromatic carbocycles. The molecule has 0 aromatic rings. The average molecular weight is 285 g/mol. The lowest BCUT2D eigenvalue weighted by Crippen LogP contribution is -2.38. The number of nitrogens with zero attached hydrogens (tertiary/aromatic N) is 1. The van der Waals surface area contributed by atoms with Crippen LogP contribution in [0.3, 0.4) is 0 Å². The van der Waals surface area contributed by atoms with E-state index in [4.69, 9.17) is 0 Å². The van der Waals surface area contributed by atoms with Gasteiger partial charge in [0.25, 0.3) is 0 Å². The van der Waals surface area contributed by atoms with Gasteiger partial charge in [-0.05, 0) is 32.4 Å². The Kier molecular flexibility index (Phi) is 5.51. The Morgan fingerprint density at radius 1 is 1.32 bits per heavy atom. The molecule has 2 heterocycles. The summed E-state index contributed by atoms with van der Waals surface area (Å²) < 4.78 is 0. The van der Waals surface area contributed by atoms with E-state index in [1.165, 1.54) is 6.92 Å². The monoisotopic (exact) mass is 285 g/mol. The highest BCUT2D eigenvalue weighted by Gasteiger charge is 2.27. The van der Waals surface area contributed by atoms with Crippen molar-refractivity contribution in [2.45, 2.75) is 37.5 Å². The highest BCUT2D eigenvalue weighted by atomic mass is 32.2. The Morgan fingerprint density at radius 3 is 2.74 bits per heavy atom. The zero-order chi connectivity index (χ0) is 13.7.